The average Bonchev–Trinajstić information content (AvgIpc) is 3.60. The Balaban J connectivity index is 1.29. The van der Waals surface area contributed by atoms with Gasteiger partial charge >= 0.3 is 0 Å². The normalized spacial score (nSPS) is 30.6. The number of nitrogens with one attached hydrogen (secondary N) is 1. The highest BCUT2D eigenvalue weighted by atomic mass is 32.1. The smallest absolute Gasteiger partial charge is 0.261 e. The summed E-state index contributed by atoms with van der Waals surface area (Å²) in [6, 6.07) is 6.62. The van der Waals surface area contributed by atoms with Gasteiger partial charge in [0.1, 0.15) is 5.75 Å². The van der Waals surface area contributed by atoms with Crippen molar-refractivity contribution in [3.63, 3.8) is 0 Å². The summed E-state index contributed by atoms with van der Waals surface area (Å²) in [5.41, 5.74) is 1.45. The largest absolute Gasteiger partial charge is 0.489 e. The number of rotatable bonds is 4. The van der Waals surface area contributed by atoms with Crippen molar-refractivity contribution in [3.05, 3.63) is 28.6 Å². The maximum atomic E-state index is 13.1. The van der Waals surface area contributed by atoms with Crippen LogP contribution in [0.15, 0.2) is 18.2 Å². The van der Waals surface area contributed by atoms with E-state index in [2.05, 4.69) is 35.3 Å². The zero-order valence-electron chi connectivity index (χ0n) is 15.8. The van der Waals surface area contributed by atoms with Gasteiger partial charge < -0.3 is 10.1 Å². The van der Waals surface area contributed by atoms with Gasteiger partial charge in [-0.25, -0.2) is 0 Å². The summed E-state index contributed by atoms with van der Waals surface area (Å²) >= 11 is 1.59. The maximum Gasteiger partial charge on any atom is 0.261 e. The molecular weight excluding hydrogens is 356 g/mol. The van der Waals surface area contributed by atoms with Crippen LogP contribution in [0.2, 0.25) is 0 Å². The molecule has 1 amide bonds. The van der Waals surface area contributed by atoms with E-state index in [1.165, 1.54) is 38.8 Å². The van der Waals surface area contributed by atoms with Gasteiger partial charge in [0, 0.05) is 5.54 Å². The minimum absolute atomic E-state index is 0.108. The molecule has 1 spiro atoms. The number of nitrogens with zero attached hydrogens (tertiary/aromatic N) is 1. The van der Waals surface area contributed by atoms with Crippen molar-refractivity contribution in [1.29, 1.82) is 0 Å². The van der Waals surface area contributed by atoms with E-state index in [1.54, 1.807) is 11.3 Å². The highest BCUT2D eigenvalue weighted by molar-refractivity contribution is 7.21. The number of hydrogen-bond acceptors (Lipinski definition) is 4. The van der Waals surface area contributed by atoms with Gasteiger partial charge in [0.15, 0.2) is 0 Å². The van der Waals surface area contributed by atoms with Crippen LogP contribution in [0.5, 0.6) is 5.75 Å². The highest BCUT2D eigenvalue weighted by Crippen LogP contribution is 2.53. The van der Waals surface area contributed by atoms with Crippen LogP contribution in [0.4, 0.5) is 0 Å². The Morgan fingerprint density at radius 1 is 1.22 bits per heavy atom. The van der Waals surface area contributed by atoms with E-state index < -0.39 is 0 Å². The molecule has 2 bridgehead atoms. The van der Waals surface area contributed by atoms with Crippen molar-refractivity contribution < 1.29 is 9.53 Å². The van der Waals surface area contributed by atoms with Crippen LogP contribution in [0.3, 0.4) is 0 Å². The fourth-order valence-corrected chi connectivity index (χ4v) is 6.42. The molecule has 1 aromatic heterocycles. The average molecular weight is 383 g/mol. The first-order valence-corrected chi connectivity index (χ1v) is 11.2. The molecule has 0 radical (unpaired) electrons. The molecule has 142 valence electrons. The lowest BCUT2D eigenvalue weighted by molar-refractivity contribution is -0.00138. The predicted octanol–water partition coefficient (Wildman–Crippen LogP) is 4.11. The molecule has 2 saturated carbocycles. The fourth-order valence-electron chi connectivity index (χ4n) is 5.32. The van der Waals surface area contributed by atoms with Gasteiger partial charge in [0.25, 0.3) is 5.91 Å². The van der Waals surface area contributed by atoms with Gasteiger partial charge in [-0.1, -0.05) is 12.1 Å². The Morgan fingerprint density at radius 3 is 2.70 bits per heavy atom. The predicted molar refractivity (Wildman–Crippen MR) is 108 cm³/mol. The molecule has 4 heterocycles. The zero-order chi connectivity index (χ0) is 18.2. The molecule has 2 aromatic rings. The summed E-state index contributed by atoms with van der Waals surface area (Å²) in [6.07, 6.45) is 7.64. The van der Waals surface area contributed by atoms with Gasteiger partial charge in [-0.15, -0.1) is 11.3 Å². The number of fused-ring (bicyclic) bond motifs is 3. The molecule has 3 saturated heterocycles. The van der Waals surface area contributed by atoms with Crippen molar-refractivity contribution >= 4 is 27.3 Å². The lowest BCUT2D eigenvalue weighted by atomic mass is 9.77. The molecule has 5 aliphatic rings. The summed E-state index contributed by atoms with van der Waals surface area (Å²) in [4.78, 5) is 16.6. The molecule has 0 unspecified atom stereocenters. The summed E-state index contributed by atoms with van der Waals surface area (Å²) in [5, 5.41) is 4.58. The maximum absolute atomic E-state index is 13.1. The van der Waals surface area contributed by atoms with Gasteiger partial charge in [-0.05, 0) is 81.5 Å². The van der Waals surface area contributed by atoms with Crippen molar-refractivity contribution in [2.24, 2.45) is 5.92 Å². The first kappa shape index (κ1) is 16.4. The third kappa shape index (κ3) is 2.54. The van der Waals surface area contributed by atoms with Crippen LogP contribution >= 0.6 is 11.3 Å². The molecule has 7 rings (SSSR count). The summed E-state index contributed by atoms with van der Waals surface area (Å²) in [6.45, 7) is 4.54. The third-order valence-electron chi connectivity index (χ3n) is 7.14. The van der Waals surface area contributed by atoms with E-state index in [4.69, 9.17) is 4.74 Å². The van der Waals surface area contributed by atoms with Crippen LogP contribution in [-0.2, 0) is 0 Å². The zero-order valence-corrected chi connectivity index (χ0v) is 16.6. The van der Waals surface area contributed by atoms with Crippen LogP contribution in [-0.4, -0.2) is 41.6 Å². The van der Waals surface area contributed by atoms with Crippen LogP contribution in [0.25, 0.3) is 10.1 Å². The number of benzene rings is 1. The fraction of sp³-hybridized carbons (Fsp3) is 0.591. The van der Waals surface area contributed by atoms with Crippen molar-refractivity contribution in [3.8, 4) is 5.75 Å². The monoisotopic (exact) mass is 382 g/mol. The Hall–Kier alpha value is -1.59. The molecular formula is C22H26N2O2S. The summed E-state index contributed by atoms with van der Waals surface area (Å²) in [5.74, 6) is 1.75. The lowest BCUT2D eigenvalue weighted by Crippen LogP contribution is -2.65. The van der Waals surface area contributed by atoms with Crippen molar-refractivity contribution in [2.75, 3.05) is 13.1 Å². The van der Waals surface area contributed by atoms with E-state index in [-0.39, 0.29) is 11.4 Å². The van der Waals surface area contributed by atoms with Gasteiger partial charge in [-0.2, -0.15) is 0 Å². The van der Waals surface area contributed by atoms with E-state index in [0.29, 0.717) is 18.1 Å². The number of hydrogen-bond donors (Lipinski definition) is 1. The van der Waals surface area contributed by atoms with Crippen LogP contribution in [0, 0.1) is 12.8 Å². The van der Waals surface area contributed by atoms with E-state index in [9.17, 15) is 4.79 Å². The number of thiophene rings is 1. The topological polar surface area (TPSA) is 41.6 Å². The standard InChI is InChI=1S/C22H26N2O2S/c1-13-2-3-15-12-17(27-19(15)18(13)26-16-4-5-16)21(25)23-20-14-6-10-24(11-7-14)22(20)8-9-22/h2-3,12,14,16,20H,4-11H2,1H3,(H,23,25)/t20-/m0/s1. The SMILES string of the molecule is Cc1ccc2cc(C(=O)N[C@H]3C4CCN(CC4)C34CC4)sc2c1OC1CC1. The molecule has 5 heteroatoms. The van der Waals surface area contributed by atoms with E-state index in [1.807, 2.05) is 0 Å². The summed E-state index contributed by atoms with van der Waals surface area (Å²) < 4.78 is 7.29. The first-order chi connectivity index (χ1) is 13.1. The number of carbonyl (C=O) groups excluding carboxylic acids is 1. The molecule has 1 N–H and O–H groups in total. The molecule has 1 aromatic carbocycles. The Bertz CT molecular complexity index is 920. The second kappa shape index (κ2) is 5.71. The molecule has 27 heavy (non-hydrogen) atoms. The van der Waals surface area contributed by atoms with Crippen molar-refractivity contribution in [1.82, 2.24) is 10.2 Å². The Kier molecular flexibility index (Phi) is 3.46. The minimum atomic E-state index is 0.108. The molecule has 3 aliphatic heterocycles. The molecule has 5 fully saturated rings. The number of carbonyl (C=O) groups is 1. The van der Waals surface area contributed by atoms with Crippen molar-refractivity contribution in [2.45, 2.75) is 63.1 Å². The summed E-state index contributed by atoms with van der Waals surface area (Å²) in [7, 11) is 0. The number of piperidine rings is 3. The van der Waals surface area contributed by atoms with Crippen LogP contribution < -0.4 is 10.1 Å². The molecule has 2 aliphatic carbocycles. The molecule has 4 nitrogen and oxygen atoms in total. The second-order valence-electron chi connectivity index (χ2n) is 8.94. The second-order valence-corrected chi connectivity index (χ2v) is 9.99. The molecule has 1 atom stereocenters. The van der Waals surface area contributed by atoms with Gasteiger partial charge in [0.05, 0.1) is 21.7 Å². The first-order valence-electron chi connectivity index (χ1n) is 10.4. The third-order valence-corrected chi connectivity index (χ3v) is 8.29. The Labute approximate surface area is 163 Å². The number of ether oxygens (including phenoxy) is 1. The van der Waals surface area contributed by atoms with E-state index in [0.717, 1.165) is 39.1 Å². The lowest BCUT2D eigenvalue weighted by Gasteiger charge is -2.52. The highest BCUT2D eigenvalue weighted by Gasteiger charge is 2.60. The number of aryl methyl sites for hydroxylation is 1. The quantitative estimate of drug-likeness (QED) is 0.865. The van der Waals surface area contributed by atoms with Crippen LogP contribution in [0.1, 0.15) is 53.8 Å². The van der Waals surface area contributed by atoms with E-state index >= 15 is 0 Å². The Morgan fingerprint density at radius 2 is 2.00 bits per heavy atom. The minimum Gasteiger partial charge on any atom is -0.489 e. The van der Waals surface area contributed by atoms with Gasteiger partial charge in [0.2, 0.25) is 0 Å². The number of amides is 1. The van der Waals surface area contributed by atoms with Gasteiger partial charge in [-0.3, -0.25) is 9.69 Å².